The third-order valence-electron chi connectivity index (χ3n) is 7.63. The van der Waals surface area contributed by atoms with Gasteiger partial charge in [0.15, 0.2) is 11.5 Å². The number of methoxy groups -OCH3 is 2. The number of nitrogens with zero attached hydrogens (tertiary/aromatic N) is 2. The average Bonchev–Trinajstić information content (AvgIpc) is 2.87. The van der Waals surface area contributed by atoms with E-state index in [1.54, 1.807) is 19.1 Å². The van der Waals surface area contributed by atoms with Crippen LogP contribution in [0, 0.1) is 24.7 Å². The molecule has 208 valence electrons. The van der Waals surface area contributed by atoms with Gasteiger partial charge in [-0.15, -0.1) is 0 Å². The van der Waals surface area contributed by atoms with Crippen LogP contribution in [0.1, 0.15) is 80.2 Å². The number of amides is 1. The quantitative estimate of drug-likeness (QED) is 0.423. The lowest BCUT2D eigenvalue weighted by molar-refractivity contribution is -0.141. The standard InChI is InChI=1S/C32H40N2O5/c1-18-11-12-21-15-23(28(35)34(26(21)19(18)2)30(37)32(6,7)8)27-22-17-25(39-10)24(38-9)16-20(22)13-14-33(27)29(36)31(3,4)5/h11-12,15-17,27H,13-14H2,1-10H3/t27-/m0/s1. The second kappa shape index (κ2) is 9.85. The lowest BCUT2D eigenvalue weighted by Crippen LogP contribution is -2.48. The smallest absolute Gasteiger partial charge is 0.263 e. The molecule has 0 spiro atoms. The number of carbonyl (C=O) groups excluding carboxylic acids is 2. The van der Waals surface area contributed by atoms with Crippen LogP contribution in [0.5, 0.6) is 11.5 Å². The number of aromatic nitrogens is 1. The predicted molar refractivity (Wildman–Crippen MR) is 154 cm³/mol. The third kappa shape index (κ3) is 4.83. The van der Waals surface area contributed by atoms with Crippen molar-refractivity contribution in [3.8, 4) is 11.5 Å². The second-order valence-corrected chi connectivity index (χ2v) is 12.5. The van der Waals surface area contributed by atoms with Crippen LogP contribution in [-0.4, -0.2) is 42.0 Å². The Balaban J connectivity index is 2.14. The van der Waals surface area contributed by atoms with Crippen molar-refractivity contribution in [2.24, 2.45) is 10.8 Å². The first kappa shape index (κ1) is 28.4. The lowest BCUT2D eigenvalue weighted by atomic mass is 9.84. The molecule has 3 aromatic rings. The summed E-state index contributed by atoms with van der Waals surface area (Å²) >= 11 is 0. The third-order valence-corrected chi connectivity index (χ3v) is 7.63. The number of ether oxygens (including phenoxy) is 2. The summed E-state index contributed by atoms with van der Waals surface area (Å²) < 4.78 is 12.5. The molecule has 0 saturated heterocycles. The summed E-state index contributed by atoms with van der Waals surface area (Å²) in [4.78, 5) is 44.0. The van der Waals surface area contributed by atoms with Crippen LogP contribution in [-0.2, 0) is 11.2 Å². The van der Waals surface area contributed by atoms with E-state index in [1.807, 2.05) is 85.7 Å². The minimum atomic E-state index is -0.798. The van der Waals surface area contributed by atoms with Crippen LogP contribution in [0.2, 0.25) is 0 Å². The van der Waals surface area contributed by atoms with Crippen molar-refractivity contribution < 1.29 is 19.1 Å². The monoisotopic (exact) mass is 532 g/mol. The van der Waals surface area contributed by atoms with Gasteiger partial charge < -0.3 is 14.4 Å². The molecule has 0 radical (unpaired) electrons. The van der Waals surface area contributed by atoms with Gasteiger partial charge in [0.25, 0.3) is 5.56 Å². The summed E-state index contributed by atoms with van der Waals surface area (Å²) in [6.45, 7) is 15.4. The minimum Gasteiger partial charge on any atom is -0.493 e. The molecule has 7 heteroatoms. The van der Waals surface area contributed by atoms with E-state index >= 15 is 0 Å². The molecule has 1 aliphatic rings. The van der Waals surface area contributed by atoms with Crippen LogP contribution < -0.4 is 15.0 Å². The van der Waals surface area contributed by atoms with Crippen molar-refractivity contribution in [3.05, 3.63) is 68.5 Å². The number of aryl methyl sites for hydroxylation is 2. The van der Waals surface area contributed by atoms with Gasteiger partial charge in [-0.05, 0) is 66.1 Å². The predicted octanol–water partition coefficient (Wildman–Crippen LogP) is 5.84. The second-order valence-electron chi connectivity index (χ2n) is 12.5. The van der Waals surface area contributed by atoms with Crippen LogP contribution in [0.3, 0.4) is 0 Å². The zero-order chi connectivity index (χ0) is 29.0. The summed E-state index contributed by atoms with van der Waals surface area (Å²) in [5.41, 5.74) is 2.77. The van der Waals surface area contributed by atoms with Crippen LogP contribution in [0.15, 0.2) is 35.1 Å². The highest BCUT2D eigenvalue weighted by Crippen LogP contribution is 2.42. The summed E-state index contributed by atoms with van der Waals surface area (Å²) in [7, 11) is 3.15. The van der Waals surface area contributed by atoms with E-state index in [1.165, 1.54) is 4.57 Å². The molecule has 1 atom stereocenters. The Kier molecular flexibility index (Phi) is 7.17. The fraction of sp³-hybridized carbons (Fsp3) is 0.469. The van der Waals surface area contributed by atoms with Crippen molar-refractivity contribution in [3.63, 3.8) is 0 Å². The van der Waals surface area contributed by atoms with Gasteiger partial charge in [0.2, 0.25) is 11.8 Å². The molecule has 1 aromatic heterocycles. The molecule has 0 aliphatic carbocycles. The number of hydrogen-bond donors (Lipinski definition) is 0. The van der Waals surface area contributed by atoms with E-state index in [2.05, 4.69) is 0 Å². The Hall–Kier alpha value is -3.61. The van der Waals surface area contributed by atoms with Crippen molar-refractivity contribution in [1.29, 1.82) is 0 Å². The molecule has 7 nitrogen and oxygen atoms in total. The van der Waals surface area contributed by atoms with Crippen molar-refractivity contribution in [2.75, 3.05) is 20.8 Å². The molecule has 0 saturated carbocycles. The normalized spacial score (nSPS) is 15.7. The van der Waals surface area contributed by atoms with Crippen molar-refractivity contribution in [1.82, 2.24) is 9.47 Å². The molecular formula is C32H40N2O5. The summed E-state index contributed by atoms with van der Waals surface area (Å²) in [5.74, 6) is 0.756. The highest BCUT2D eigenvalue weighted by Gasteiger charge is 2.40. The Labute approximate surface area is 230 Å². The Morgan fingerprint density at radius 1 is 0.846 bits per heavy atom. The van der Waals surface area contributed by atoms with E-state index in [9.17, 15) is 14.4 Å². The molecular weight excluding hydrogens is 492 g/mol. The minimum absolute atomic E-state index is 0.0683. The maximum atomic E-state index is 14.5. The molecule has 0 bridgehead atoms. The SMILES string of the molecule is COc1cc2c(cc1OC)[C@@H](c1cc3ccc(C)c(C)c3n(C(=O)C(C)(C)C)c1=O)N(C(=O)C(C)(C)C)CC2. The Morgan fingerprint density at radius 3 is 2.00 bits per heavy atom. The first-order valence-electron chi connectivity index (χ1n) is 13.4. The number of fused-ring (bicyclic) bond motifs is 2. The van der Waals surface area contributed by atoms with Gasteiger partial charge in [-0.3, -0.25) is 14.4 Å². The van der Waals surface area contributed by atoms with Gasteiger partial charge in [0, 0.05) is 22.9 Å². The molecule has 0 unspecified atom stereocenters. The van der Waals surface area contributed by atoms with E-state index in [-0.39, 0.29) is 11.8 Å². The first-order valence-corrected chi connectivity index (χ1v) is 13.4. The molecule has 1 amide bonds. The highest BCUT2D eigenvalue weighted by molar-refractivity contribution is 5.96. The number of hydrogen-bond acceptors (Lipinski definition) is 5. The van der Waals surface area contributed by atoms with Gasteiger partial charge in [0.1, 0.15) is 0 Å². The molecule has 2 aromatic carbocycles. The Bertz CT molecular complexity index is 1540. The van der Waals surface area contributed by atoms with Crippen LogP contribution in [0.4, 0.5) is 0 Å². The van der Waals surface area contributed by atoms with Gasteiger partial charge in [-0.1, -0.05) is 53.7 Å². The summed E-state index contributed by atoms with van der Waals surface area (Å²) in [6.07, 6.45) is 0.606. The maximum Gasteiger partial charge on any atom is 0.263 e. The molecule has 2 heterocycles. The maximum absolute atomic E-state index is 14.5. The van der Waals surface area contributed by atoms with E-state index in [0.717, 1.165) is 27.6 Å². The Morgan fingerprint density at radius 2 is 1.44 bits per heavy atom. The topological polar surface area (TPSA) is 77.8 Å². The first-order chi connectivity index (χ1) is 18.1. The number of pyridine rings is 1. The molecule has 4 rings (SSSR count). The average molecular weight is 533 g/mol. The number of carbonyl (C=O) groups is 2. The highest BCUT2D eigenvalue weighted by atomic mass is 16.5. The van der Waals surface area contributed by atoms with E-state index in [0.29, 0.717) is 35.5 Å². The van der Waals surface area contributed by atoms with Crippen molar-refractivity contribution >= 4 is 22.7 Å². The van der Waals surface area contributed by atoms with E-state index < -0.39 is 22.4 Å². The fourth-order valence-corrected chi connectivity index (χ4v) is 5.35. The largest absolute Gasteiger partial charge is 0.493 e. The van der Waals surface area contributed by atoms with E-state index in [4.69, 9.17) is 9.47 Å². The van der Waals surface area contributed by atoms with Gasteiger partial charge in [0.05, 0.1) is 25.8 Å². The lowest BCUT2D eigenvalue weighted by Gasteiger charge is -2.41. The molecule has 39 heavy (non-hydrogen) atoms. The van der Waals surface area contributed by atoms with Crippen LogP contribution >= 0.6 is 0 Å². The number of benzene rings is 2. The molecule has 0 N–H and O–H groups in total. The summed E-state index contributed by atoms with van der Waals surface area (Å²) in [5, 5.41) is 0.779. The summed E-state index contributed by atoms with van der Waals surface area (Å²) in [6, 6.07) is 8.89. The molecule has 1 aliphatic heterocycles. The molecule has 0 fully saturated rings. The van der Waals surface area contributed by atoms with Gasteiger partial charge >= 0.3 is 0 Å². The number of rotatable bonds is 3. The zero-order valence-electron chi connectivity index (χ0n) is 24.8. The van der Waals surface area contributed by atoms with Gasteiger partial charge in [-0.2, -0.15) is 0 Å². The van der Waals surface area contributed by atoms with Crippen LogP contribution in [0.25, 0.3) is 10.9 Å². The van der Waals surface area contributed by atoms with Crippen molar-refractivity contribution in [2.45, 2.75) is 67.9 Å². The van der Waals surface area contributed by atoms with Gasteiger partial charge in [-0.25, -0.2) is 4.57 Å². The zero-order valence-corrected chi connectivity index (χ0v) is 24.8. The fourth-order valence-electron chi connectivity index (χ4n) is 5.35.